The van der Waals surface area contributed by atoms with Crippen LogP contribution in [0.1, 0.15) is 68.6 Å². The van der Waals surface area contributed by atoms with Crippen LogP contribution in [-0.2, 0) is 21.5 Å². The lowest BCUT2D eigenvalue weighted by atomic mass is 9.98. The van der Waals surface area contributed by atoms with E-state index in [1.54, 1.807) is 6.07 Å². The van der Waals surface area contributed by atoms with E-state index in [9.17, 15) is 19.1 Å². The van der Waals surface area contributed by atoms with Crippen LogP contribution in [-0.4, -0.2) is 48.8 Å². The number of amides is 2. The van der Waals surface area contributed by atoms with Gasteiger partial charge >= 0.3 is 0 Å². The van der Waals surface area contributed by atoms with Gasteiger partial charge in [-0.15, -0.1) is 6.42 Å². The van der Waals surface area contributed by atoms with Crippen molar-refractivity contribution in [2.24, 2.45) is 5.92 Å². The number of terminal acetylenes is 1. The molecular formula is C32H40FN3O4. The third-order valence-corrected chi connectivity index (χ3v) is 7.82. The molecule has 4 rings (SSSR count). The number of benzene rings is 2. The fraction of sp³-hybridized carbons (Fsp3) is 0.500. The Labute approximate surface area is 236 Å². The third-order valence-electron chi connectivity index (χ3n) is 7.82. The maximum atomic E-state index is 14.6. The van der Waals surface area contributed by atoms with Crippen LogP contribution in [0.15, 0.2) is 42.5 Å². The zero-order valence-electron chi connectivity index (χ0n) is 23.2. The van der Waals surface area contributed by atoms with E-state index in [4.69, 9.17) is 11.2 Å². The Bertz CT molecular complexity index is 1220. The minimum atomic E-state index is -0.966. The van der Waals surface area contributed by atoms with Gasteiger partial charge in [0.15, 0.2) is 0 Å². The Morgan fingerprint density at radius 1 is 1.20 bits per heavy atom. The molecule has 2 aliphatic rings. The molecule has 0 saturated heterocycles. The average molecular weight is 550 g/mol. The van der Waals surface area contributed by atoms with Gasteiger partial charge in [-0.2, -0.15) is 0 Å². The normalized spacial score (nSPS) is 22.2. The van der Waals surface area contributed by atoms with Gasteiger partial charge in [0, 0.05) is 43.1 Å². The molecule has 1 heterocycles. The second-order valence-corrected chi connectivity index (χ2v) is 11.0. The molecule has 2 amide bonds. The van der Waals surface area contributed by atoms with Crippen LogP contribution >= 0.6 is 0 Å². The second kappa shape index (κ2) is 13.8. The molecule has 0 spiro atoms. The van der Waals surface area contributed by atoms with E-state index in [1.165, 1.54) is 12.1 Å². The van der Waals surface area contributed by atoms with Gasteiger partial charge in [-0.3, -0.25) is 9.59 Å². The average Bonchev–Trinajstić information content (AvgIpc) is 3.74. The zero-order valence-corrected chi connectivity index (χ0v) is 23.2. The highest BCUT2D eigenvalue weighted by molar-refractivity contribution is 5.83. The van der Waals surface area contributed by atoms with Gasteiger partial charge in [0.2, 0.25) is 11.8 Å². The van der Waals surface area contributed by atoms with Crippen molar-refractivity contribution in [1.29, 1.82) is 0 Å². The molecule has 1 aliphatic heterocycles. The predicted molar refractivity (Wildman–Crippen MR) is 152 cm³/mol. The first-order chi connectivity index (χ1) is 19.3. The number of hydrogen-bond acceptors (Lipinski definition) is 5. The topological polar surface area (TPSA) is 99.7 Å². The number of halogens is 1. The lowest BCUT2D eigenvalue weighted by molar-refractivity contribution is -0.127. The zero-order chi connectivity index (χ0) is 28.5. The molecule has 8 heteroatoms. The summed E-state index contributed by atoms with van der Waals surface area (Å²) in [6.07, 6.45) is 9.32. The quantitative estimate of drug-likeness (QED) is 0.396. The lowest BCUT2D eigenvalue weighted by Gasteiger charge is -2.28. The number of carbonyl (C=O) groups excluding carboxylic acids is 2. The van der Waals surface area contributed by atoms with E-state index in [0.29, 0.717) is 24.5 Å². The van der Waals surface area contributed by atoms with Gasteiger partial charge in [0.25, 0.3) is 0 Å². The van der Waals surface area contributed by atoms with E-state index in [-0.39, 0.29) is 49.1 Å². The molecule has 2 bridgehead atoms. The second-order valence-electron chi connectivity index (χ2n) is 11.0. The van der Waals surface area contributed by atoms with E-state index in [0.717, 1.165) is 43.2 Å². The van der Waals surface area contributed by atoms with Crippen molar-refractivity contribution < 1.29 is 23.8 Å². The molecule has 214 valence electrons. The Balaban J connectivity index is 1.51. The standard InChI is InChI=1S/C32H40FN3O4/c1-3-6-23-11-14-34-30(38)9-10-31(39)36-28(18-24-16-26(33)19-27(17-24)40-21-23)29(37)20-35-32(12-13-32)25-8-5-7-22(4-2)15-25/h2,5,7-8,15-17,19,23,28-29,35,37H,3,6,9-14,18,20-21H2,1H3,(H,34,38)(H,36,39). The van der Waals surface area contributed by atoms with Crippen molar-refractivity contribution in [1.82, 2.24) is 16.0 Å². The highest BCUT2D eigenvalue weighted by Crippen LogP contribution is 2.45. The summed E-state index contributed by atoms with van der Waals surface area (Å²) in [5.74, 6) is 2.33. The fourth-order valence-corrected chi connectivity index (χ4v) is 5.34. The number of nitrogens with one attached hydrogen (secondary N) is 3. The Kier molecular flexibility index (Phi) is 10.2. The van der Waals surface area contributed by atoms with Crippen LogP contribution in [0.2, 0.25) is 0 Å². The van der Waals surface area contributed by atoms with Crippen molar-refractivity contribution in [3.05, 3.63) is 65.0 Å². The van der Waals surface area contributed by atoms with E-state index in [2.05, 4.69) is 28.8 Å². The van der Waals surface area contributed by atoms with Gasteiger partial charge in [-0.05, 0) is 73.4 Å². The third kappa shape index (κ3) is 8.30. The number of aliphatic hydroxyl groups is 1. The van der Waals surface area contributed by atoms with E-state index >= 15 is 0 Å². The van der Waals surface area contributed by atoms with Gasteiger partial charge in [-0.1, -0.05) is 31.4 Å². The maximum Gasteiger partial charge on any atom is 0.220 e. The summed E-state index contributed by atoms with van der Waals surface area (Å²) in [6.45, 7) is 3.21. The molecular weight excluding hydrogens is 509 g/mol. The molecule has 0 aromatic heterocycles. The van der Waals surface area contributed by atoms with Gasteiger partial charge in [-0.25, -0.2) is 4.39 Å². The van der Waals surface area contributed by atoms with Crippen LogP contribution in [0, 0.1) is 24.1 Å². The van der Waals surface area contributed by atoms with Crippen LogP contribution in [0.5, 0.6) is 5.75 Å². The minimum Gasteiger partial charge on any atom is -0.493 e. The minimum absolute atomic E-state index is 0.00119. The van der Waals surface area contributed by atoms with Crippen molar-refractivity contribution in [3.63, 3.8) is 0 Å². The Morgan fingerprint density at radius 2 is 2.00 bits per heavy atom. The Morgan fingerprint density at radius 3 is 2.75 bits per heavy atom. The van der Waals surface area contributed by atoms with Gasteiger partial charge < -0.3 is 25.8 Å². The molecule has 3 atom stereocenters. The van der Waals surface area contributed by atoms with Gasteiger partial charge in [0.1, 0.15) is 11.6 Å². The summed E-state index contributed by atoms with van der Waals surface area (Å²) in [6, 6.07) is 11.6. The van der Waals surface area contributed by atoms with Crippen molar-refractivity contribution in [2.75, 3.05) is 19.7 Å². The van der Waals surface area contributed by atoms with Crippen LogP contribution in [0.3, 0.4) is 0 Å². The summed E-state index contributed by atoms with van der Waals surface area (Å²) in [4.78, 5) is 25.2. The predicted octanol–water partition coefficient (Wildman–Crippen LogP) is 3.57. The monoisotopic (exact) mass is 549 g/mol. The van der Waals surface area contributed by atoms with Crippen molar-refractivity contribution in [3.8, 4) is 18.1 Å². The summed E-state index contributed by atoms with van der Waals surface area (Å²) >= 11 is 0. The first-order valence-electron chi connectivity index (χ1n) is 14.3. The highest BCUT2D eigenvalue weighted by atomic mass is 19.1. The largest absolute Gasteiger partial charge is 0.493 e. The SMILES string of the molecule is C#Cc1cccc(C2(NCC(O)C3Cc4cc(F)cc(c4)OCC(CCC)CCNC(=O)CCC(=O)N3)CC2)c1. The van der Waals surface area contributed by atoms with E-state index in [1.807, 2.05) is 24.3 Å². The summed E-state index contributed by atoms with van der Waals surface area (Å²) in [5, 5.41) is 20.5. The number of ether oxygens (including phenoxy) is 1. The maximum absolute atomic E-state index is 14.6. The first-order valence-corrected chi connectivity index (χ1v) is 14.3. The number of rotatable bonds is 7. The van der Waals surface area contributed by atoms with Crippen molar-refractivity contribution >= 4 is 11.8 Å². The lowest BCUT2D eigenvalue weighted by Crippen LogP contribution is -2.50. The summed E-state index contributed by atoms with van der Waals surface area (Å²) < 4.78 is 20.6. The molecule has 1 aliphatic carbocycles. The molecule has 3 unspecified atom stereocenters. The van der Waals surface area contributed by atoms with Crippen molar-refractivity contribution in [2.45, 2.75) is 76.0 Å². The molecule has 2 aromatic rings. The molecule has 40 heavy (non-hydrogen) atoms. The summed E-state index contributed by atoms with van der Waals surface area (Å²) in [5.41, 5.74) is 2.20. The number of carbonyl (C=O) groups is 2. The van der Waals surface area contributed by atoms with Gasteiger partial charge in [0.05, 0.1) is 18.8 Å². The Hall–Kier alpha value is -3.41. The molecule has 4 N–H and O–H groups in total. The summed E-state index contributed by atoms with van der Waals surface area (Å²) in [7, 11) is 0. The smallest absolute Gasteiger partial charge is 0.220 e. The molecule has 7 nitrogen and oxygen atoms in total. The fourth-order valence-electron chi connectivity index (χ4n) is 5.34. The molecule has 1 saturated carbocycles. The number of fused-ring (bicyclic) bond motifs is 2. The van der Waals surface area contributed by atoms with Crippen LogP contribution in [0.4, 0.5) is 4.39 Å². The van der Waals surface area contributed by atoms with E-state index < -0.39 is 18.0 Å². The van der Waals surface area contributed by atoms with Crippen LogP contribution < -0.4 is 20.7 Å². The molecule has 2 aromatic carbocycles. The van der Waals surface area contributed by atoms with Crippen LogP contribution in [0.25, 0.3) is 0 Å². The first kappa shape index (κ1) is 29.6. The highest BCUT2D eigenvalue weighted by Gasteiger charge is 2.44. The number of aliphatic hydroxyl groups excluding tert-OH is 1. The molecule has 0 radical (unpaired) electrons. The number of hydrogen-bond donors (Lipinski definition) is 4. The molecule has 1 fully saturated rings.